The summed E-state index contributed by atoms with van der Waals surface area (Å²) in [6, 6.07) is 10.1. The van der Waals surface area contributed by atoms with Crippen LogP contribution in [0.15, 0.2) is 42.5 Å². The Labute approximate surface area is 122 Å². The number of hydrogen-bond acceptors (Lipinski definition) is 3. The van der Waals surface area contributed by atoms with Gasteiger partial charge in [-0.05, 0) is 35.4 Å². The predicted octanol–water partition coefficient (Wildman–Crippen LogP) is 2.75. The molecule has 3 nitrogen and oxygen atoms in total. The Kier molecular flexibility index (Phi) is 4.88. The first-order valence-corrected chi connectivity index (χ1v) is 6.53. The molecule has 112 valence electrons. The van der Waals surface area contributed by atoms with E-state index in [-0.39, 0.29) is 12.1 Å². The van der Waals surface area contributed by atoms with Gasteiger partial charge in [-0.25, -0.2) is 8.78 Å². The number of ether oxygens (including phenoxy) is 1. The minimum Gasteiger partial charge on any atom is -0.497 e. The molecule has 0 saturated carbocycles. The van der Waals surface area contributed by atoms with Crippen LogP contribution in [0, 0.1) is 11.6 Å². The molecule has 2 aromatic rings. The molecule has 3 N–H and O–H groups in total. The molecule has 0 aliphatic heterocycles. The summed E-state index contributed by atoms with van der Waals surface area (Å²) in [5, 5.41) is 10.4. The summed E-state index contributed by atoms with van der Waals surface area (Å²) in [6.07, 6.45) is -1.10. The average molecular weight is 293 g/mol. The van der Waals surface area contributed by atoms with Crippen molar-refractivity contribution in [2.75, 3.05) is 13.7 Å². The molecular formula is C16H17F2NO2. The van der Waals surface area contributed by atoms with Gasteiger partial charge in [0, 0.05) is 18.5 Å². The van der Waals surface area contributed by atoms with Gasteiger partial charge in [-0.2, -0.15) is 0 Å². The largest absolute Gasteiger partial charge is 0.497 e. The van der Waals surface area contributed by atoms with Crippen molar-refractivity contribution in [1.82, 2.24) is 0 Å². The van der Waals surface area contributed by atoms with Crippen LogP contribution in [0.2, 0.25) is 0 Å². The minimum atomic E-state index is -1.10. The summed E-state index contributed by atoms with van der Waals surface area (Å²) in [5.74, 6) is -1.32. The number of aliphatic hydroxyl groups excluding tert-OH is 1. The Morgan fingerprint density at radius 3 is 2.33 bits per heavy atom. The lowest BCUT2D eigenvalue weighted by Crippen LogP contribution is -2.20. The molecule has 2 atom stereocenters. The molecule has 0 spiro atoms. The third-order valence-corrected chi connectivity index (χ3v) is 3.38. The molecule has 2 unspecified atom stereocenters. The molecule has 0 aliphatic carbocycles. The molecule has 0 radical (unpaired) electrons. The molecule has 0 aliphatic rings. The fraction of sp³-hybridized carbons (Fsp3) is 0.250. The van der Waals surface area contributed by atoms with Gasteiger partial charge in [0.15, 0.2) is 0 Å². The third-order valence-electron chi connectivity index (χ3n) is 3.38. The van der Waals surface area contributed by atoms with Gasteiger partial charge in [0.25, 0.3) is 0 Å². The number of aliphatic hydroxyl groups is 1. The maximum absolute atomic E-state index is 13.3. The highest BCUT2D eigenvalue weighted by Gasteiger charge is 2.23. The fourth-order valence-corrected chi connectivity index (χ4v) is 2.30. The number of rotatable bonds is 5. The topological polar surface area (TPSA) is 55.5 Å². The van der Waals surface area contributed by atoms with Crippen molar-refractivity contribution in [3.8, 4) is 5.75 Å². The van der Waals surface area contributed by atoms with Gasteiger partial charge >= 0.3 is 0 Å². The second kappa shape index (κ2) is 6.65. The zero-order valence-corrected chi connectivity index (χ0v) is 11.6. The normalized spacial score (nSPS) is 13.8. The second-order valence-corrected chi connectivity index (χ2v) is 4.77. The van der Waals surface area contributed by atoms with Crippen LogP contribution in [0.5, 0.6) is 5.75 Å². The zero-order valence-electron chi connectivity index (χ0n) is 11.6. The van der Waals surface area contributed by atoms with Gasteiger partial charge in [0.2, 0.25) is 0 Å². The molecule has 0 heterocycles. The standard InChI is InChI=1S/C16H17F2NO2/c1-21-14-4-2-3-10(7-14)15(9-19)16(20)11-5-12(17)8-13(18)6-11/h2-8,15-16,20H,9,19H2,1H3. The predicted molar refractivity (Wildman–Crippen MR) is 76.1 cm³/mol. The van der Waals surface area contributed by atoms with Crippen LogP contribution < -0.4 is 10.5 Å². The molecule has 21 heavy (non-hydrogen) atoms. The van der Waals surface area contributed by atoms with Crippen LogP contribution in [0.3, 0.4) is 0 Å². The number of halogens is 2. The highest BCUT2D eigenvalue weighted by molar-refractivity contribution is 5.33. The number of benzene rings is 2. The van der Waals surface area contributed by atoms with Crippen LogP contribution in [-0.4, -0.2) is 18.8 Å². The smallest absolute Gasteiger partial charge is 0.126 e. The van der Waals surface area contributed by atoms with E-state index in [0.717, 1.165) is 23.8 Å². The van der Waals surface area contributed by atoms with Gasteiger partial charge in [0.1, 0.15) is 17.4 Å². The zero-order chi connectivity index (χ0) is 15.4. The maximum Gasteiger partial charge on any atom is 0.126 e. The van der Waals surface area contributed by atoms with Crippen molar-refractivity contribution in [2.24, 2.45) is 5.73 Å². The lowest BCUT2D eigenvalue weighted by molar-refractivity contribution is 0.146. The van der Waals surface area contributed by atoms with Crippen LogP contribution >= 0.6 is 0 Å². The second-order valence-electron chi connectivity index (χ2n) is 4.77. The SMILES string of the molecule is COc1cccc(C(CN)C(O)c2cc(F)cc(F)c2)c1. The summed E-state index contributed by atoms with van der Waals surface area (Å²) in [6.45, 7) is 0.131. The van der Waals surface area contributed by atoms with Gasteiger partial charge in [0.05, 0.1) is 13.2 Å². The molecule has 0 bridgehead atoms. The first-order valence-electron chi connectivity index (χ1n) is 6.53. The summed E-state index contributed by atoms with van der Waals surface area (Å²) in [5.41, 5.74) is 6.62. The molecule has 0 saturated heterocycles. The Balaban J connectivity index is 2.35. The van der Waals surface area contributed by atoms with Crippen molar-refractivity contribution in [3.05, 3.63) is 65.2 Å². The van der Waals surface area contributed by atoms with E-state index in [1.807, 2.05) is 0 Å². The minimum absolute atomic E-state index is 0.131. The van der Waals surface area contributed by atoms with Crippen molar-refractivity contribution < 1.29 is 18.6 Å². The van der Waals surface area contributed by atoms with E-state index in [2.05, 4.69) is 0 Å². The molecule has 2 aromatic carbocycles. The summed E-state index contributed by atoms with van der Waals surface area (Å²) >= 11 is 0. The first kappa shape index (κ1) is 15.4. The third kappa shape index (κ3) is 3.56. The Morgan fingerprint density at radius 1 is 1.10 bits per heavy atom. The number of methoxy groups -OCH3 is 1. The summed E-state index contributed by atoms with van der Waals surface area (Å²) in [7, 11) is 1.54. The van der Waals surface area contributed by atoms with E-state index in [0.29, 0.717) is 5.75 Å². The van der Waals surface area contributed by atoms with Crippen LogP contribution in [0.1, 0.15) is 23.1 Å². The summed E-state index contributed by atoms with van der Waals surface area (Å²) < 4.78 is 31.7. The average Bonchev–Trinajstić information content (AvgIpc) is 2.47. The molecule has 0 amide bonds. The number of hydrogen-bond donors (Lipinski definition) is 2. The van der Waals surface area contributed by atoms with E-state index in [9.17, 15) is 13.9 Å². The van der Waals surface area contributed by atoms with Gasteiger partial charge in [-0.3, -0.25) is 0 Å². The monoisotopic (exact) mass is 293 g/mol. The van der Waals surface area contributed by atoms with Gasteiger partial charge < -0.3 is 15.6 Å². The van der Waals surface area contributed by atoms with Crippen molar-refractivity contribution in [3.63, 3.8) is 0 Å². The molecule has 0 aromatic heterocycles. The molecule has 2 rings (SSSR count). The van der Waals surface area contributed by atoms with Crippen molar-refractivity contribution in [2.45, 2.75) is 12.0 Å². The van der Waals surface area contributed by atoms with Gasteiger partial charge in [-0.1, -0.05) is 12.1 Å². The lowest BCUT2D eigenvalue weighted by Gasteiger charge is -2.23. The van der Waals surface area contributed by atoms with Crippen LogP contribution in [0.4, 0.5) is 8.78 Å². The van der Waals surface area contributed by atoms with E-state index in [4.69, 9.17) is 10.5 Å². The van der Waals surface area contributed by atoms with Crippen LogP contribution in [0.25, 0.3) is 0 Å². The van der Waals surface area contributed by atoms with E-state index in [1.165, 1.54) is 7.11 Å². The Morgan fingerprint density at radius 2 is 1.76 bits per heavy atom. The first-order chi connectivity index (χ1) is 10.0. The van der Waals surface area contributed by atoms with Crippen molar-refractivity contribution in [1.29, 1.82) is 0 Å². The fourth-order valence-electron chi connectivity index (χ4n) is 2.30. The van der Waals surface area contributed by atoms with Crippen LogP contribution in [-0.2, 0) is 0 Å². The number of nitrogens with two attached hydrogens (primary N) is 1. The quantitative estimate of drug-likeness (QED) is 0.891. The highest BCUT2D eigenvalue weighted by atomic mass is 19.1. The van der Waals surface area contributed by atoms with E-state index < -0.39 is 23.7 Å². The summed E-state index contributed by atoms with van der Waals surface area (Å²) in [4.78, 5) is 0. The maximum atomic E-state index is 13.3. The van der Waals surface area contributed by atoms with Gasteiger partial charge in [-0.15, -0.1) is 0 Å². The molecular weight excluding hydrogens is 276 g/mol. The Hall–Kier alpha value is -1.98. The highest BCUT2D eigenvalue weighted by Crippen LogP contribution is 2.32. The molecule has 0 fully saturated rings. The van der Waals surface area contributed by atoms with E-state index >= 15 is 0 Å². The van der Waals surface area contributed by atoms with E-state index in [1.54, 1.807) is 24.3 Å². The molecule has 5 heteroatoms. The Bertz CT molecular complexity index is 599. The lowest BCUT2D eigenvalue weighted by atomic mass is 9.89. The van der Waals surface area contributed by atoms with Crippen molar-refractivity contribution >= 4 is 0 Å².